The van der Waals surface area contributed by atoms with Gasteiger partial charge in [0.15, 0.2) is 6.61 Å². The number of sulfonamides is 1. The van der Waals surface area contributed by atoms with Crippen molar-refractivity contribution in [2.75, 3.05) is 37.7 Å². The zero-order chi connectivity index (χ0) is 21.7. The summed E-state index contributed by atoms with van der Waals surface area (Å²) in [4.78, 5) is 16.4. The Morgan fingerprint density at radius 1 is 1.03 bits per heavy atom. The van der Waals surface area contributed by atoms with E-state index in [9.17, 15) is 17.6 Å². The van der Waals surface area contributed by atoms with Gasteiger partial charge in [0.2, 0.25) is 10.0 Å². The Balaban J connectivity index is 1.48. The predicted octanol–water partition coefficient (Wildman–Crippen LogP) is 2.24. The lowest BCUT2D eigenvalue weighted by molar-refractivity contribution is -0.133. The van der Waals surface area contributed by atoms with Crippen LogP contribution in [0.15, 0.2) is 53.4 Å². The van der Waals surface area contributed by atoms with E-state index >= 15 is 0 Å². The molecule has 30 heavy (non-hydrogen) atoms. The van der Waals surface area contributed by atoms with E-state index in [0.29, 0.717) is 31.9 Å². The summed E-state index contributed by atoms with van der Waals surface area (Å²) in [6, 6.07) is 12.1. The molecule has 1 N–H and O–H groups in total. The molecule has 1 heterocycles. The monoisotopic (exact) mass is 435 g/mol. The molecule has 1 amide bonds. The number of nitrogens with zero attached hydrogens (tertiary/aromatic N) is 2. The Bertz CT molecular complexity index is 955. The van der Waals surface area contributed by atoms with Crippen LogP contribution in [-0.4, -0.2) is 58.1 Å². The molecule has 7 nitrogen and oxygen atoms in total. The number of nitrogens with one attached hydrogen (secondary N) is 1. The van der Waals surface area contributed by atoms with E-state index < -0.39 is 10.0 Å². The maximum atomic E-state index is 13.1. The Hall–Kier alpha value is -2.65. The fourth-order valence-electron chi connectivity index (χ4n) is 3.20. The number of benzene rings is 2. The molecule has 0 saturated carbocycles. The summed E-state index contributed by atoms with van der Waals surface area (Å²) in [5.41, 5.74) is 0.932. The molecule has 0 aliphatic carbocycles. The van der Waals surface area contributed by atoms with Crippen LogP contribution in [0, 0.1) is 5.82 Å². The number of carbonyl (C=O) groups excluding carboxylic acids is 1. The average molecular weight is 436 g/mol. The molecule has 2 aromatic carbocycles. The van der Waals surface area contributed by atoms with Gasteiger partial charge in [-0.1, -0.05) is 0 Å². The first-order valence-corrected chi connectivity index (χ1v) is 11.3. The average Bonchev–Trinajstić information content (AvgIpc) is 2.72. The topological polar surface area (TPSA) is 78.9 Å². The van der Waals surface area contributed by atoms with E-state index in [1.807, 2.05) is 0 Å². The van der Waals surface area contributed by atoms with Gasteiger partial charge in [-0.25, -0.2) is 17.5 Å². The van der Waals surface area contributed by atoms with Gasteiger partial charge in [-0.15, -0.1) is 0 Å². The Morgan fingerprint density at radius 3 is 2.20 bits per heavy atom. The van der Waals surface area contributed by atoms with E-state index in [1.54, 1.807) is 30.9 Å². The number of amides is 1. The molecule has 1 fully saturated rings. The molecular weight excluding hydrogens is 409 g/mol. The minimum absolute atomic E-state index is 0.118. The van der Waals surface area contributed by atoms with Crippen LogP contribution in [0.5, 0.6) is 5.75 Å². The standard InChI is InChI=1S/C21H26FN3O4S/c1-16(2)23-30(27,28)20-9-7-19(8-10-20)29-15-21(26)25-13-11-24(12-14-25)18-5-3-17(22)4-6-18/h3-10,16,23H,11-15H2,1-2H3. The van der Waals surface area contributed by atoms with Crippen molar-refractivity contribution < 1.29 is 22.3 Å². The normalized spacial score (nSPS) is 14.8. The van der Waals surface area contributed by atoms with Crippen molar-refractivity contribution in [2.24, 2.45) is 0 Å². The second kappa shape index (κ2) is 9.44. The lowest BCUT2D eigenvalue weighted by Gasteiger charge is -2.36. The molecule has 0 bridgehead atoms. The van der Waals surface area contributed by atoms with Gasteiger partial charge in [-0.05, 0) is 62.4 Å². The van der Waals surface area contributed by atoms with Gasteiger partial charge in [0, 0.05) is 37.9 Å². The largest absolute Gasteiger partial charge is 0.484 e. The molecule has 0 atom stereocenters. The maximum Gasteiger partial charge on any atom is 0.260 e. The number of ether oxygens (including phenoxy) is 1. The molecule has 0 radical (unpaired) electrons. The van der Waals surface area contributed by atoms with Crippen LogP contribution in [0.2, 0.25) is 0 Å². The third-order valence-electron chi connectivity index (χ3n) is 4.71. The van der Waals surface area contributed by atoms with Crippen LogP contribution in [0.1, 0.15) is 13.8 Å². The van der Waals surface area contributed by atoms with Crippen LogP contribution in [0.3, 0.4) is 0 Å². The van der Waals surface area contributed by atoms with Gasteiger partial charge in [0.1, 0.15) is 11.6 Å². The lowest BCUT2D eigenvalue weighted by atomic mass is 10.2. The van der Waals surface area contributed by atoms with Crippen LogP contribution in [0.25, 0.3) is 0 Å². The number of hydrogen-bond donors (Lipinski definition) is 1. The highest BCUT2D eigenvalue weighted by Crippen LogP contribution is 2.18. The predicted molar refractivity (Wildman–Crippen MR) is 113 cm³/mol. The Morgan fingerprint density at radius 2 is 1.63 bits per heavy atom. The summed E-state index contributed by atoms with van der Waals surface area (Å²) in [6.45, 7) is 5.81. The number of rotatable bonds is 7. The Labute approximate surface area is 176 Å². The van der Waals surface area contributed by atoms with Gasteiger partial charge >= 0.3 is 0 Å². The first-order chi connectivity index (χ1) is 14.2. The van der Waals surface area contributed by atoms with Gasteiger partial charge < -0.3 is 14.5 Å². The number of anilines is 1. The van der Waals surface area contributed by atoms with Gasteiger partial charge in [-0.2, -0.15) is 0 Å². The molecule has 9 heteroatoms. The van der Waals surface area contributed by atoms with E-state index in [2.05, 4.69) is 9.62 Å². The molecule has 1 saturated heterocycles. The van der Waals surface area contributed by atoms with Gasteiger partial charge in [0.25, 0.3) is 5.91 Å². The molecule has 0 unspecified atom stereocenters. The SMILES string of the molecule is CC(C)NS(=O)(=O)c1ccc(OCC(=O)N2CCN(c3ccc(F)cc3)CC2)cc1. The van der Waals surface area contributed by atoms with Crippen molar-refractivity contribution in [3.8, 4) is 5.75 Å². The van der Waals surface area contributed by atoms with Gasteiger partial charge in [-0.3, -0.25) is 4.79 Å². The van der Waals surface area contributed by atoms with Crippen LogP contribution in [-0.2, 0) is 14.8 Å². The highest BCUT2D eigenvalue weighted by molar-refractivity contribution is 7.89. The molecule has 2 aromatic rings. The van der Waals surface area contributed by atoms with Crippen molar-refractivity contribution in [1.82, 2.24) is 9.62 Å². The summed E-state index contributed by atoms with van der Waals surface area (Å²) in [5.74, 6) is 0.0234. The van der Waals surface area contributed by atoms with E-state index in [0.717, 1.165) is 5.69 Å². The number of halogens is 1. The highest BCUT2D eigenvalue weighted by Gasteiger charge is 2.22. The fraction of sp³-hybridized carbons (Fsp3) is 0.381. The zero-order valence-corrected chi connectivity index (χ0v) is 17.9. The molecule has 162 valence electrons. The molecule has 3 rings (SSSR count). The summed E-state index contributed by atoms with van der Waals surface area (Å²) in [7, 11) is -3.56. The molecular formula is C21H26FN3O4S. The third kappa shape index (κ3) is 5.70. The van der Waals surface area contributed by atoms with Crippen molar-refractivity contribution in [3.63, 3.8) is 0 Å². The quantitative estimate of drug-likeness (QED) is 0.722. The molecule has 1 aliphatic rings. The van der Waals surface area contributed by atoms with Crippen molar-refractivity contribution in [3.05, 3.63) is 54.3 Å². The smallest absolute Gasteiger partial charge is 0.260 e. The minimum Gasteiger partial charge on any atom is -0.484 e. The maximum absolute atomic E-state index is 13.1. The van der Waals surface area contributed by atoms with E-state index in [4.69, 9.17) is 4.74 Å². The van der Waals surface area contributed by atoms with Crippen LogP contribution >= 0.6 is 0 Å². The van der Waals surface area contributed by atoms with E-state index in [-0.39, 0.29) is 29.3 Å². The number of piperazine rings is 1. The summed E-state index contributed by atoms with van der Waals surface area (Å²) in [5, 5.41) is 0. The van der Waals surface area contributed by atoms with Gasteiger partial charge in [0.05, 0.1) is 4.90 Å². The first kappa shape index (κ1) is 22.0. The Kier molecular flexibility index (Phi) is 6.94. The summed E-state index contributed by atoms with van der Waals surface area (Å²) >= 11 is 0. The van der Waals surface area contributed by atoms with Crippen molar-refractivity contribution in [2.45, 2.75) is 24.8 Å². The molecule has 1 aliphatic heterocycles. The van der Waals surface area contributed by atoms with Crippen molar-refractivity contribution >= 4 is 21.6 Å². The van der Waals surface area contributed by atoms with Crippen LogP contribution < -0.4 is 14.4 Å². The number of carbonyl (C=O) groups is 1. The second-order valence-electron chi connectivity index (χ2n) is 7.38. The summed E-state index contributed by atoms with van der Waals surface area (Å²) < 4.78 is 45.4. The van der Waals surface area contributed by atoms with Crippen molar-refractivity contribution in [1.29, 1.82) is 0 Å². The third-order valence-corrected chi connectivity index (χ3v) is 6.39. The first-order valence-electron chi connectivity index (χ1n) is 9.78. The summed E-state index contributed by atoms with van der Waals surface area (Å²) in [6.07, 6.45) is 0. The zero-order valence-electron chi connectivity index (χ0n) is 17.0. The fourth-order valence-corrected chi connectivity index (χ4v) is 4.45. The highest BCUT2D eigenvalue weighted by atomic mass is 32.2. The van der Waals surface area contributed by atoms with Crippen LogP contribution in [0.4, 0.5) is 10.1 Å². The van der Waals surface area contributed by atoms with E-state index in [1.165, 1.54) is 36.4 Å². The second-order valence-corrected chi connectivity index (χ2v) is 9.09. The lowest BCUT2D eigenvalue weighted by Crippen LogP contribution is -2.50. The number of hydrogen-bond acceptors (Lipinski definition) is 5. The minimum atomic E-state index is -3.56. The molecule has 0 aromatic heterocycles. The molecule has 0 spiro atoms.